The molecule has 2 N–H and O–H groups in total. The first-order chi connectivity index (χ1) is 13.2. The Morgan fingerprint density at radius 2 is 1.76 bits per heavy atom. The highest BCUT2D eigenvalue weighted by Crippen LogP contribution is 2.38. The van der Waals surface area contributed by atoms with Crippen molar-refractivity contribution in [2.45, 2.75) is 31.8 Å². The highest BCUT2D eigenvalue weighted by atomic mass is 32.2. The Labute approximate surface area is 163 Å². The third-order valence-electron chi connectivity index (χ3n) is 3.99. The van der Waals surface area contributed by atoms with Crippen molar-refractivity contribution in [2.75, 3.05) is 10.0 Å². The van der Waals surface area contributed by atoms with Crippen molar-refractivity contribution >= 4 is 33.0 Å². The summed E-state index contributed by atoms with van der Waals surface area (Å²) in [6, 6.07) is 4.48. The number of carbonyl (C=O) groups is 1. The van der Waals surface area contributed by atoms with Crippen LogP contribution in [0.5, 0.6) is 0 Å². The van der Waals surface area contributed by atoms with Gasteiger partial charge in [0, 0.05) is 24.7 Å². The zero-order chi connectivity index (χ0) is 22.1. The van der Waals surface area contributed by atoms with E-state index in [0.29, 0.717) is 6.07 Å². The van der Waals surface area contributed by atoms with E-state index in [1.54, 1.807) is 0 Å². The van der Waals surface area contributed by atoms with Crippen molar-refractivity contribution < 1.29 is 31.3 Å². The predicted molar refractivity (Wildman–Crippen MR) is 99.1 cm³/mol. The minimum Gasteiger partial charge on any atom is -0.326 e. The number of non-ortho nitro benzene ring substituents is 1. The summed E-state index contributed by atoms with van der Waals surface area (Å²) in [6.07, 6.45) is -4.93. The molecular formula is C17H16F3N3O5S. The lowest BCUT2D eigenvalue weighted by Crippen LogP contribution is -2.19. The SMILES string of the molecule is CC(=O)Nc1ccc(NS(=O)(=O)c2cc([N+](=O)[O-])cc(C)c2C)c(C(F)(F)F)c1. The molecule has 0 fully saturated rings. The molecule has 12 heteroatoms. The molecule has 0 unspecified atom stereocenters. The summed E-state index contributed by atoms with van der Waals surface area (Å²) in [5.41, 5.74) is -2.34. The fraction of sp³-hybridized carbons (Fsp3) is 0.235. The molecule has 0 aliphatic heterocycles. The Hall–Kier alpha value is -3.15. The van der Waals surface area contributed by atoms with Gasteiger partial charge in [-0.3, -0.25) is 19.6 Å². The van der Waals surface area contributed by atoms with Gasteiger partial charge >= 0.3 is 6.18 Å². The van der Waals surface area contributed by atoms with E-state index >= 15 is 0 Å². The highest BCUT2D eigenvalue weighted by molar-refractivity contribution is 7.92. The Balaban J connectivity index is 2.58. The fourth-order valence-electron chi connectivity index (χ4n) is 2.54. The van der Waals surface area contributed by atoms with Gasteiger partial charge in [0.15, 0.2) is 0 Å². The third kappa shape index (κ3) is 5.02. The van der Waals surface area contributed by atoms with Gasteiger partial charge in [0.2, 0.25) is 5.91 Å². The van der Waals surface area contributed by atoms with Crippen molar-refractivity contribution in [1.82, 2.24) is 0 Å². The molecule has 2 aromatic rings. The number of nitrogens with zero attached hydrogens (tertiary/aromatic N) is 1. The largest absolute Gasteiger partial charge is 0.418 e. The van der Waals surface area contributed by atoms with Crippen LogP contribution in [0.2, 0.25) is 0 Å². The number of halogens is 3. The number of alkyl halides is 3. The summed E-state index contributed by atoms with van der Waals surface area (Å²) in [7, 11) is -4.58. The highest BCUT2D eigenvalue weighted by Gasteiger charge is 2.35. The van der Waals surface area contributed by atoms with Crippen LogP contribution in [-0.2, 0) is 21.0 Å². The van der Waals surface area contributed by atoms with Crippen molar-refractivity contribution in [3.8, 4) is 0 Å². The second kappa shape index (κ2) is 7.70. The normalized spacial score (nSPS) is 11.8. The summed E-state index contributed by atoms with van der Waals surface area (Å²) in [4.78, 5) is 20.8. The first-order valence-corrected chi connectivity index (χ1v) is 9.48. The molecule has 0 saturated heterocycles. The summed E-state index contributed by atoms with van der Waals surface area (Å²) in [5.74, 6) is -0.603. The monoisotopic (exact) mass is 431 g/mol. The molecule has 2 aromatic carbocycles. The maximum Gasteiger partial charge on any atom is 0.418 e. The number of benzene rings is 2. The van der Waals surface area contributed by atoms with Crippen LogP contribution in [0.15, 0.2) is 35.2 Å². The molecule has 1 amide bonds. The van der Waals surface area contributed by atoms with Gasteiger partial charge in [0.1, 0.15) is 0 Å². The lowest BCUT2D eigenvalue weighted by molar-refractivity contribution is -0.385. The quantitative estimate of drug-likeness (QED) is 0.548. The number of nitro benzene ring substituents is 1. The lowest BCUT2D eigenvalue weighted by Gasteiger charge is -2.17. The molecule has 2 rings (SSSR count). The number of nitro groups is 1. The van der Waals surface area contributed by atoms with Gasteiger partial charge in [-0.25, -0.2) is 8.42 Å². The molecule has 0 heterocycles. The Kier molecular flexibility index (Phi) is 5.88. The van der Waals surface area contributed by atoms with Gasteiger partial charge in [-0.15, -0.1) is 0 Å². The number of nitrogens with one attached hydrogen (secondary N) is 2. The molecule has 0 aliphatic rings. The number of hydrogen-bond donors (Lipinski definition) is 2. The van der Waals surface area contributed by atoms with Gasteiger partial charge in [0.25, 0.3) is 15.7 Å². The number of aryl methyl sites for hydroxylation is 1. The lowest BCUT2D eigenvalue weighted by atomic mass is 10.1. The molecule has 156 valence electrons. The van der Waals surface area contributed by atoms with Gasteiger partial charge < -0.3 is 5.32 Å². The molecule has 0 bridgehead atoms. The van der Waals surface area contributed by atoms with Gasteiger partial charge in [-0.2, -0.15) is 13.2 Å². The molecule has 0 atom stereocenters. The Morgan fingerprint density at radius 1 is 1.14 bits per heavy atom. The number of anilines is 2. The van der Waals surface area contributed by atoms with Crippen LogP contribution in [0.25, 0.3) is 0 Å². The molecule has 0 radical (unpaired) electrons. The Bertz CT molecular complexity index is 1100. The number of hydrogen-bond acceptors (Lipinski definition) is 5. The van der Waals surface area contributed by atoms with Crippen molar-refractivity contribution in [1.29, 1.82) is 0 Å². The number of amides is 1. The van der Waals surface area contributed by atoms with E-state index in [0.717, 1.165) is 31.2 Å². The molecular weight excluding hydrogens is 415 g/mol. The second-order valence-electron chi connectivity index (χ2n) is 6.19. The number of carbonyl (C=O) groups excluding carboxylic acids is 1. The van der Waals surface area contributed by atoms with E-state index in [2.05, 4.69) is 5.32 Å². The van der Waals surface area contributed by atoms with Crippen LogP contribution in [0.4, 0.5) is 30.2 Å². The van der Waals surface area contributed by atoms with Crippen LogP contribution in [0, 0.1) is 24.0 Å². The zero-order valence-corrected chi connectivity index (χ0v) is 16.2. The minimum absolute atomic E-state index is 0.159. The first-order valence-electron chi connectivity index (χ1n) is 7.99. The smallest absolute Gasteiger partial charge is 0.326 e. The molecule has 0 aromatic heterocycles. The molecule has 29 heavy (non-hydrogen) atoms. The summed E-state index contributed by atoms with van der Waals surface area (Å²) in [6.45, 7) is 3.94. The molecule has 0 spiro atoms. The molecule has 0 saturated carbocycles. The average Bonchev–Trinajstić information content (AvgIpc) is 2.56. The Morgan fingerprint density at radius 3 is 2.28 bits per heavy atom. The van der Waals surface area contributed by atoms with Crippen LogP contribution in [-0.4, -0.2) is 19.2 Å². The zero-order valence-electron chi connectivity index (χ0n) is 15.4. The van der Waals surface area contributed by atoms with E-state index < -0.39 is 48.9 Å². The van der Waals surface area contributed by atoms with Crippen LogP contribution in [0.3, 0.4) is 0 Å². The topological polar surface area (TPSA) is 118 Å². The maximum absolute atomic E-state index is 13.4. The van der Waals surface area contributed by atoms with Crippen LogP contribution >= 0.6 is 0 Å². The minimum atomic E-state index is -4.93. The van der Waals surface area contributed by atoms with E-state index in [1.165, 1.54) is 13.8 Å². The second-order valence-corrected chi connectivity index (χ2v) is 7.84. The average molecular weight is 431 g/mol. The first kappa shape index (κ1) is 22.1. The molecule has 8 nitrogen and oxygen atoms in total. The predicted octanol–water partition coefficient (Wildman–Crippen LogP) is 3.99. The van der Waals surface area contributed by atoms with Gasteiger partial charge in [-0.05, 0) is 43.2 Å². The standard InChI is InChI=1S/C17H16F3N3O5S/c1-9-6-13(23(25)26)8-16(10(9)2)29(27,28)22-15-5-4-12(21-11(3)24)7-14(15)17(18,19)20/h4-8,22H,1-3H3,(H,21,24). The third-order valence-corrected chi connectivity index (χ3v) is 5.49. The fourth-order valence-corrected chi connectivity index (χ4v) is 3.96. The molecule has 0 aliphatic carbocycles. The maximum atomic E-state index is 13.4. The van der Waals surface area contributed by atoms with E-state index in [1.807, 2.05) is 4.72 Å². The van der Waals surface area contributed by atoms with Crippen molar-refractivity contribution in [3.05, 3.63) is 57.1 Å². The van der Waals surface area contributed by atoms with Crippen molar-refractivity contribution in [2.24, 2.45) is 0 Å². The number of sulfonamides is 1. The van der Waals surface area contributed by atoms with Gasteiger partial charge in [-0.1, -0.05) is 0 Å². The number of rotatable bonds is 5. The summed E-state index contributed by atoms with van der Waals surface area (Å²) in [5, 5.41) is 13.2. The van der Waals surface area contributed by atoms with Crippen LogP contribution < -0.4 is 10.0 Å². The van der Waals surface area contributed by atoms with Crippen LogP contribution in [0.1, 0.15) is 23.6 Å². The van der Waals surface area contributed by atoms with E-state index in [4.69, 9.17) is 0 Å². The summed E-state index contributed by atoms with van der Waals surface area (Å²) >= 11 is 0. The van der Waals surface area contributed by atoms with Crippen molar-refractivity contribution in [3.63, 3.8) is 0 Å². The van der Waals surface area contributed by atoms with E-state index in [-0.39, 0.29) is 16.8 Å². The van der Waals surface area contributed by atoms with Gasteiger partial charge in [0.05, 0.1) is 21.1 Å². The van der Waals surface area contributed by atoms with E-state index in [9.17, 15) is 36.5 Å². The summed E-state index contributed by atoms with van der Waals surface area (Å²) < 4.78 is 67.5.